The molecule has 0 spiro atoms. The van der Waals surface area contributed by atoms with Gasteiger partial charge in [0.25, 0.3) is 6.47 Å². The Bertz CT molecular complexity index is 898. The third-order valence-electron chi connectivity index (χ3n) is 5.85. The molecule has 1 unspecified atom stereocenters. The lowest BCUT2D eigenvalue weighted by Gasteiger charge is -2.38. The Hall–Kier alpha value is -2.93. The molecule has 7 nitrogen and oxygen atoms in total. The number of nitrogens with zero attached hydrogens (tertiary/aromatic N) is 2. The van der Waals surface area contributed by atoms with E-state index < -0.39 is 0 Å². The lowest BCUT2D eigenvalue weighted by molar-refractivity contribution is -0.134. The molecule has 2 aromatic rings. The lowest BCUT2D eigenvalue weighted by atomic mass is 10.0. The fraction of sp³-hybridized carbons (Fsp3) is 0.500. The average Bonchev–Trinajstić information content (AvgIpc) is 2.82. The number of carbonyl (C=O) groups excluding carboxylic acids is 2. The van der Waals surface area contributed by atoms with E-state index in [9.17, 15) is 9.59 Å². The number of hydrogen-bond donors (Lipinski definition) is 1. The fourth-order valence-electron chi connectivity index (χ4n) is 4.30. The van der Waals surface area contributed by atoms with Crippen molar-refractivity contribution >= 4 is 23.8 Å². The first kappa shape index (κ1) is 24.7. The predicted molar refractivity (Wildman–Crippen MR) is 129 cm³/mol. The van der Waals surface area contributed by atoms with Crippen molar-refractivity contribution < 1.29 is 19.1 Å². The lowest BCUT2D eigenvalue weighted by Crippen LogP contribution is -2.42. The summed E-state index contributed by atoms with van der Waals surface area (Å²) in [4.78, 5) is 30.5. The van der Waals surface area contributed by atoms with Crippen molar-refractivity contribution in [2.45, 2.75) is 58.6 Å². The third kappa shape index (κ3) is 7.02. The van der Waals surface area contributed by atoms with Crippen molar-refractivity contribution in [2.24, 2.45) is 5.92 Å². The number of pyridine rings is 1. The molecule has 0 aliphatic carbocycles. The quantitative estimate of drug-likeness (QED) is 0.504. The van der Waals surface area contributed by atoms with Crippen molar-refractivity contribution in [1.82, 2.24) is 4.98 Å². The summed E-state index contributed by atoms with van der Waals surface area (Å²) in [7, 11) is 0. The van der Waals surface area contributed by atoms with Crippen LogP contribution in [0.25, 0.3) is 0 Å². The molecule has 1 aromatic heterocycles. The molecule has 1 saturated heterocycles. The molecule has 33 heavy (non-hydrogen) atoms. The molecule has 178 valence electrons. The van der Waals surface area contributed by atoms with Crippen LogP contribution in [0.4, 0.5) is 11.4 Å². The van der Waals surface area contributed by atoms with E-state index >= 15 is 0 Å². The number of aromatic nitrogens is 1. The SMILES string of the molecule is CCC(OC=O)c1ccc(N(CC(C)C)C2CCOCC2)c(NC(=O)Cc2cccnc2)c1. The zero-order valence-corrected chi connectivity index (χ0v) is 19.8. The maximum Gasteiger partial charge on any atom is 0.293 e. The molecule has 1 amide bonds. The molecule has 0 saturated carbocycles. The monoisotopic (exact) mass is 453 g/mol. The zero-order valence-electron chi connectivity index (χ0n) is 19.8. The van der Waals surface area contributed by atoms with E-state index in [-0.39, 0.29) is 18.4 Å². The number of amides is 1. The summed E-state index contributed by atoms with van der Waals surface area (Å²) in [6.07, 6.45) is 5.82. The Morgan fingerprint density at radius 2 is 2.09 bits per heavy atom. The van der Waals surface area contributed by atoms with Crippen LogP contribution < -0.4 is 10.2 Å². The van der Waals surface area contributed by atoms with Gasteiger partial charge < -0.3 is 19.7 Å². The Balaban J connectivity index is 1.95. The maximum atomic E-state index is 13.0. The summed E-state index contributed by atoms with van der Waals surface area (Å²) >= 11 is 0. The van der Waals surface area contributed by atoms with Crippen LogP contribution in [-0.2, 0) is 25.5 Å². The molecule has 1 N–H and O–H groups in total. The van der Waals surface area contributed by atoms with Crippen LogP contribution in [0.5, 0.6) is 0 Å². The first-order valence-corrected chi connectivity index (χ1v) is 11.8. The minimum Gasteiger partial charge on any atom is -0.460 e. The summed E-state index contributed by atoms with van der Waals surface area (Å²) in [5.74, 6) is 0.343. The number of ether oxygens (including phenoxy) is 2. The van der Waals surface area contributed by atoms with E-state index in [1.165, 1.54) is 0 Å². The van der Waals surface area contributed by atoms with Crippen molar-refractivity contribution in [3.63, 3.8) is 0 Å². The number of benzene rings is 1. The van der Waals surface area contributed by atoms with Gasteiger partial charge in [-0.15, -0.1) is 0 Å². The Morgan fingerprint density at radius 3 is 2.73 bits per heavy atom. The molecule has 1 aromatic carbocycles. The van der Waals surface area contributed by atoms with Gasteiger partial charge in [-0.2, -0.15) is 0 Å². The van der Waals surface area contributed by atoms with Crippen molar-refractivity contribution in [1.29, 1.82) is 0 Å². The minimum absolute atomic E-state index is 0.109. The second-order valence-corrected chi connectivity index (χ2v) is 8.88. The van der Waals surface area contributed by atoms with Crippen molar-refractivity contribution in [3.8, 4) is 0 Å². The van der Waals surface area contributed by atoms with E-state index in [4.69, 9.17) is 9.47 Å². The molecule has 3 rings (SSSR count). The van der Waals surface area contributed by atoms with Crippen LogP contribution in [0, 0.1) is 5.92 Å². The molecule has 1 atom stereocenters. The van der Waals surface area contributed by atoms with Gasteiger partial charge >= 0.3 is 0 Å². The van der Waals surface area contributed by atoms with Crippen LogP contribution in [0.15, 0.2) is 42.7 Å². The molecular formula is C26H35N3O4. The highest BCUT2D eigenvalue weighted by Crippen LogP contribution is 2.35. The van der Waals surface area contributed by atoms with Crippen LogP contribution in [0.2, 0.25) is 0 Å². The normalized spacial score (nSPS) is 15.2. The van der Waals surface area contributed by atoms with Gasteiger partial charge in [0.05, 0.1) is 17.8 Å². The van der Waals surface area contributed by atoms with Gasteiger partial charge in [-0.3, -0.25) is 14.6 Å². The standard InChI is InChI=1S/C26H35N3O4/c1-4-25(33-18-30)21-7-8-24(29(17-19(2)3)22-9-12-32-13-10-22)23(15-21)28-26(31)14-20-6-5-11-27-16-20/h5-8,11,15-16,18-19,22,25H,4,9-10,12-14,17H2,1-3H3,(H,28,31). The van der Waals surface area contributed by atoms with Crippen LogP contribution in [-0.4, -0.2) is 43.2 Å². The van der Waals surface area contributed by atoms with Crippen LogP contribution in [0.3, 0.4) is 0 Å². The second-order valence-electron chi connectivity index (χ2n) is 8.88. The third-order valence-corrected chi connectivity index (χ3v) is 5.85. The molecule has 7 heteroatoms. The summed E-state index contributed by atoms with van der Waals surface area (Å²) in [6.45, 7) is 9.21. The highest BCUT2D eigenvalue weighted by molar-refractivity contribution is 5.95. The second kappa shape index (κ2) is 12.3. The van der Waals surface area contributed by atoms with Crippen LogP contribution >= 0.6 is 0 Å². The van der Waals surface area contributed by atoms with Crippen molar-refractivity contribution in [2.75, 3.05) is 30.0 Å². The first-order valence-electron chi connectivity index (χ1n) is 11.8. The van der Waals surface area contributed by atoms with E-state index in [0.717, 1.165) is 55.1 Å². The summed E-state index contributed by atoms with van der Waals surface area (Å²) in [5.41, 5.74) is 3.44. The molecule has 0 bridgehead atoms. The van der Waals surface area contributed by atoms with Gasteiger partial charge in [0.2, 0.25) is 5.91 Å². The summed E-state index contributed by atoms with van der Waals surface area (Å²) in [5, 5.41) is 3.13. The summed E-state index contributed by atoms with van der Waals surface area (Å²) < 4.78 is 10.9. The molecular weight excluding hydrogens is 418 g/mol. The van der Waals surface area contributed by atoms with Gasteiger partial charge in [0.15, 0.2) is 0 Å². The number of carbonyl (C=O) groups is 2. The van der Waals surface area contributed by atoms with Gasteiger partial charge in [0.1, 0.15) is 6.10 Å². The number of nitrogens with one attached hydrogen (secondary N) is 1. The molecule has 1 fully saturated rings. The van der Waals surface area contributed by atoms with Gasteiger partial charge in [-0.1, -0.05) is 32.9 Å². The van der Waals surface area contributed by atoms with E-state index in [1.807, 2.05) is 37.3 Å². The Morgan fingerprint density at radius 1 is 1.30 bits per heavy atom. The topological polar surface area (TPSA) is 80.8 Å². The Labute approximate surface area is 196 Å². The smallest absolute Gasteiger partial charge is 0.293 e. The van der Waals surface area contributed by atoms with E-state index in [2.05, 4.69) is 29.0 Å². The van der Waals surface area contributed by atoms with E-state index in [0.29, 0.717) is 24.9 Å². The number of rotatable bonds is 11. The predicted octanol–water partition coefficient (Wildman–Crippen LogP) is 4.53. The minimum atomic E-state index is -0.354. The highest BCUT2D eigenvalue weighted by Gasteiger charge is 2.26. The van der Waals surface area contributed by atoms with E-state index in [1.54, 1.807) is 12.4 Å². The fourth-order valence-corrected chi connectivity index (χ4v) is 4.30. The molecule has 2 heterocycles. The average molecular weight is 454 g/mol. The molecule has 1 aliphatic heterocycles. The van der Waals surface area contributed by atoms with Gasteiger partial charge in [0, 0.05) is 38.2 Å². The Kier molecular flexibility index (Phi) is 9.24. The van der Waals surface area contributed by atoms with Crippen molar-refractivity contribution in [3.05, 3.63) is 53.9 Å². The largest absolute Gasteiger partial charge is 0.460 e. The maximum absolute atomic E-state index is 13.0. The number of anilines is 2. The molecule has 0 radical (unpaired) electrons. The van der Waals surface area contributed by atoms with Crippen LogP contribution in [0.1, 0.15) is 57.3 Å². The van der Waals surface area contributed by atoms with Gasteiger partial charge in [-0.25, -0.2) is 0 Å². The highest BCUT2D eigenvalue weighted by atomic mass is 16.5. The first-order chi connectivity index (χ1) is 16.0. The molecule has 1 aliphatic rings. The zero-order chi connectivity index (χ0) is 23.6. The number of hydrogen-bond acceptors (Lipinski definition) is 6. The summed E-state index contributed by atoms with van der Waals surface area (Å²) in [6, 6.07) is 10.0. The van der Waals surface area contributed by atoms with Gasteiger partial charge in [-0.05, 0) is 54.5 Å².